The summed E-state index contributed by atoms with van der Waals surface area (Å²) in [7, 11) is 0. The molecule has 1 aromatic carbocycles. The summed E-state index contributed by atoms with van der Waals surface area (Å²) in [6.07, 6.45) is 4.93. The second-order valence-electron chi connectivity index (χ2n) is 6.44. The minimum Gasteiger partial charge on any atom is -0.459 e. The van der Waals surface area contributed by atoms with Gasteiger partial charge in [0.15, 0.2) is 10.9 Å². The smallest absolute Gasteiger partial charge is 0.293 e. The van der Waals surface area contributed by atoms with Gasteiger partial charge in [0.25, 0.3) is 5.91 Å². The molecule has 2 amide bonds. The number of hydrogen-bond acceptors (Lipinski definition) is 6. The fraction of sp³-hybridized carbons (Fsp3) is 0.0909. The van der Waals surface area contributed by atoms with Crippen LogP contribution in [-0.2, 0) is 11.2 Å². The zero-order valence-corrected chi connectivity index (χ0v) is 16.6. The van der Waals surface area contributed by atoms with Crippen LogP contribution in [0.2, 0.25) is 0 Å². The number of amides is 2. The number of anilines is 1. The van der Waals surface area contributed by atoms with E-state index in [1.54, 1.807) is 29.9 Å². The highest BCUT2D eigenvalue weighted by Crippen LogP contribution is 2.22. The van der Waals surface area contributed by atoms with Crippen LogP contribution in [0.25, 0.3) is 0 Å². The predicted octanol–water partition coefficient (Wildman–Crippen LogP) is 3.83. The molecule has 0 radical (unpaired) electrons. The minimum absolute atomic E-state index is 0.0987. The van der Waals surface area contributed by atoms with Gasteiger partial charge in [-0.1, -0.05) is 30.3 Å². The van der Waals surface area contributed by atoms with E-state index in [2.05, 4.69) is 20.6 Å². The Balaban J connectivity index is 1.43. The molecule has 30 heavy (non-hydrogen) atoms. The van der Waals surface area contributed by atoms with E-state index in [4.69, 9.17) is 4.42 Å². The lowest BCUT2D eigenvalue weighted by atomic mass is 9.99. The number of furan rings is 1. The summed E-state index contributed by atoms with van der Waals surface area (Å²) in [5, 5.41) is 7.89. The predicted molar refractivity (Wildman–Crippen MR) is 113 cm³/mol. The van der Waals surface area contributed by atoms with Gasteiger partial charge >= 0.3 is 0 Å². The highest BCUT2D eigenvalue weighted by molar-refractivity contribution is 7.14. The van der Waals surface area contributed by atoms with Crippen molar-refractivity contribution in [1.82, 2.24) is 15.3 Å². The molecule has 0 saturated heterocycles. The van der Waals surface area contributed by atoms with Gasteiger partial charge in [0, 0.05) is 17.8 Å². The third kappa shape index (κ3) is 4.79. The maximum atomic E-state index is 12.7. The SMILES string of the molecule is O=C(Cc1csc(NC(=O)c2ccco2)n1)NC(c1ccccc1)c1ccncc1. The molecule has 0 aliphatic carbocycles. The van der Waals surface area contributed by atoms with E-state index in [9.17, 15) is 9.59 Å². The Labute approximate surface area is 176 Å². The van der Waals surface area contributed by atoms with E-state index < -0.39 is 0 Å². The van der Waals surface area contributed by atoms with Crippen molar-refractivity contribution >= 4 is 28.3 Å². The summed E-state index contributed by atoms with van der Waals surface area (Å²) in [6, 6.07) is 16.4. The Morgan fingerprint density at radius 2 is 1.77 bits per heavy atom. The average molecular weight is 418 g/mol. The van der Waals surface area contributed by atoms with Crippen molar-refractivity contribution in [3.8, 4) is 0 Å². The molecule has 0 aliphatic heterocycles. The molecule has 0 fully saturated rings. The van der Waals surface area contributed by atoms with Crippen LogP contribution in [0.4, 0.5) is 5.13 Å². The zero-order valence-electron chi connectivity index (χ0n) is 15.8. The maximum Gasteiger partial charge on any atom is 0.293 e. The van der Waals surface area contributed by atoms with Gasteiger partial charge in [-0.25, -0.2) is 4.98 Å². The Hall–Kier alpha value is -3.78. The molecule has 3 heterocycles. The summed E-state index contributed by atoms with van der Waals surface area (Å²) in [5.41, 5.74) is 2.49. The fourth-order valence-electron chi connectivity index (χ4n) is 2.95. The van der Waals surface area contributed by atoms with E-state index >= 15 is 0 Å². The zero-order chi connectivity index (χ0) is 20.8. The standard InChI is InChI=1S/C22H18N4O3S/c27-19(13-17-14-30-22(24-17)26-21(28)18-7-4-12-29-18)25-20(15-5-2-1-3-6-15)16-8-10-23-11-9-16/h1-12,14,20H,13H2,(H,25,27)(H,24,26,28). The number of nitrogens with zero attached hydrogens (tertiary/aromatic N) is 2. The lowest BCUT2D eigenvalue weighted by molar-refractivity contribution is -0.121. The van der Waals surface area contributed by atoms with Gasteiger partial charge in [0.05, 0.1) is 24.4 Å². The third-order valence-corrected chi connectivity index (χ3v) is 5.14. The quantitative estimate of drug-likeness (QED) is 0.475. The van der Waals surface area contributed by atoms with Gasteiger partial charge in [-0.2, -0.15) is 0 Å². The minimum atomic E-state index is -0.382. The molecule has 1 unspecified atom stereocenters. The number of hydrogen-bond donors (Lipinski definition) is 2. The molecule has 0 aliphatic rings. The van der Waals surface area contributed by atoms with Crippen molar-refractivity contribution in [2.75, 3.05) is 5.32 Å². The Bertz CT molecular complexity index is 1070. The number of benzene rings is 1. The molecule has 8 heteroatoms. The van der Waals surface area contributed by atoms with E-state index in [-0.39, 0.29) is 30.0 Å². The normalized spacial score (nSPS) is 11.6. The molecule has 7 nitrogen and oxygen atoms in total. The molecular formula is C22H18N4O3S. The molecule has 1 atom stereocenters. The number of pyridine rings is 1. The number of carbonyl (C=O) groups excluding carboxylic acids is 2. The highest BCUT2D eigenvalue weighted by Gasteiger charge is 2.18. The second-order valence-corrected chi connectivity index (χ2v) is 7.30. The van der Waals surface area contributed by atoms with E-state index in [1.807, 2.05) is 42.5 Å². The number of thiazole rings is 1. The van der Waals surface area contributed by atoms with Gasteiger partial charge in [-0.15, -0.1) is 11.3 Å². The van der Waals surface area contributed by atoms with Crippen LogP contribution in [0.5, 0.6) is 0 Å². The van der Waals surface area contributed by atoms with Crippen molar-refractivity contribution in [2.24, 2.45) is 0 Å². The van der Waals surface area contributed by atoms with Gasteiger partial charge in [0.1, 0.15) is 0 Å². The van der Waals surface area contributed by atoms with Crippen LogP contribution in [-0.4, -0.2) is 21.8 Å². The van der Waals surface area contributed by atoms with Crippen LogP contribution in [0, 0.1) is 0 Å². The molecule has 4 rings (SSSR count). The molecule has 0 bridgehead atoms. The number of rotatable bonds is 7. The van der Waals surface area contributed by atoms with Crippen LogP contribution in [0.3, 0.4) is 0 Å². The fourth-order valence-corrected chi connectivity index (χ4v) is 3.65. The van der Waals surface area contributed by atoms with Gasteiger partial charge in [-0.05, 0) is 35.4 Å². The van der Waals surface area contributed by atoms with Crippen LogP contribution < -0.4 is 10.6 Å². The Morgan fingerprint density at radius 1 is 1.00 bits per heavy atom. The highest BCUT2D eigenvalue weighted by atomic mass is 32.1. The molecule has 0 saturated carbocycles. The largest absolute Gasteiger partial charge is 0.459 e. The van der Waals surface area contributed by atoms with Crippen molar-refractivity contribution < 1.29 is 14.0 Å². The molecular weight excluding hydrogens is 400 g/mol. The van der Waals surface area contributed by atoms with Crippen LogP contribution in [0.1, 0.15) is 33.4 Å². The third-order valence-electron chi connectivity index (χ3n) is 4.34. The van der Waals surface area contributed by atoms with Crippen molar-refractivity contribution in [3.05, 3.63) is 101 Å². The lowest BCUT2D eigenvalue weighted by Gasteiger charge is -2.19. The molecule has 0 spiro atoms. The van der Waals surface area contributed by atoms with E-state index in [0.717, 1.165) is 11.1 Å². The topological polar surface area (TPSA) is 97.1 Å². The average Bonchev–Trinajstić information content (AvgIpc) is 3.46. The lowest BCUT2D eigenvalue weighted by Crippen LogP contribution is -2.30. The first kappa shape index (κ1) is 19.5. The monoisotopic (exact) mass is 418 g/mol. The molecule has 2 N–H and O–H groups in total. The van der Waals surface area contributed by atoms with E-state index in [1.165, 1.54) is 17.6 Å². The summed E-state index contributed by atoms with van der Waals surface area (Å²) >= 11 is 1.26. The van der Waals surface area contributed by atoms with Gasteiger partial charge in [-0.3, -0.25) is 19.9 Å². The number of carbonyl (C=O) groups is 2. The second kappa shape index (κ2) is 9.15. The Kier molecular flexibility index (Phi) is 5.95. The molecule has 150 valence electrons. The molecule has 4 aromatic rings. The number of aromatic nitrogens is 2. The summed E-state index contributed by atoms with van der Waals surface area (Å²) in [6.45, 7) is 0. The Morgan fingerprint density at radius 3 is 2.50 bits per heavy atom. The maximum absolute atomic E-state index is 12.7. The van der Waals surface area contributed by atoms with E-state index in [0.29, 0.717) is 10.8 Å². The number of nitrogens with one attached hydrogen (secondary N) is 2. The van der Waals surface area contributed by atoms with Crippen LogP contribution in [0.15, 0.2) is 83.1 Å². The van der Waals surface area contributed by atoms with Gasteiger partial charge < -0.3 is 9.73 Å². The first-order valence-electron chi connectivity index (χ1n) is 9.22. The summed E-state index contributed by atoms with van der Waals surface area (Å²) in [4.78, 5) is 33.1. The van der Waals surface area contributed by atoms with Crippen molar-refractivity contribution in [3.63, 3.8) is 0 Å². The van der Waals surface area contributed by atoms with Crippen molar-refractivity contribution in [1.29, 1.82) is 0 Å². The summed E-state index contributed by atoms with van der Waals surface area (Å²) in [5.74, 6) is -0.352. The first-order chi connectivity index (χ1) is 14.7. The first-order valence-corrected chi connectivity index (χ1v) is 10.1. The van der Waals surface area contributed by atoms with Gasteiger partial charge in [0.2, 0.25) is 5.91 Å². The van der Waals surface area contributed by atoms with Crippen LogP contribution >= 0.6 is 11.3 Å². The summed E-state index contributed by atoms with van der Waals surface area (Å²) < 4.78 is 5.06. The molecule has 3 aromatic heterocycles. The van der Waals surface area contributed by atoms with Crippen molar-refractivity contribution in [2.45, 2.75) is 12.5 Å².